The highest BCUT2D eigenvalue weighted by molar-refractivity contribution is 5.89. The molecule has 21 heavy (non-hydrogen) atoms. The predicted molar refractivity (Wildman–Crippen MR) is 82.7 cm³/mol. The van der Waals surface area contributed by atoms with Crippen molar-refractivity contribution in [2.24, 2.45) is 7.05 Å². The van der Waals surface area contributed by atoms with Gasteiger partial charge in [0.05, 0.1) is 18.7 Å². The third kappa shape index (κ3) is 2.94. The lowest BCUT2D eigenvalue weighted by Gasteiger charge is -2.04. The number of nitrogens with one attached hydrogen (secondary N) is 1. The van der Waals surface area contributed by atoms with Crippen LogP contribution in [0.1, 0.15) is 11.3 Å². The van der Waals surface area contributed by atoms with Crippen molar-refractivity contribution >= 4 is 16.8 Å². The Labute approximate surface area is 123 Å². The number of benzene rings is 1. The largest absolute Gasteiger partial charge is 0.350 e. The standard InChI is InChI=1S/C17H17N3O/c1-20-12-13(15-7-2-3-8-16(15)20)10-17(21)19-11-14-6-4-5-9-18-14/h2-9,12H,10-11H2,1H3,(H,19,21). The van der Waals surface area contributed by atoms with Gasteiger partial charge in [0.1, 0.15) is 0 Å². The first kappa shape index (κ1) is 13.4. The molecule has 4 heteroatoms. The Morgan fingerprint density at radius 1 is 1.19 bits per heavy atom. The summed E-state index contributed by atoms with van der Waals surface area (Å²) in [5.41, 5.74) is 3.06. The summed E-state index contributed by atoms with van der Waals surface area (Å²) in [6, 6.07) is 13.8. The molecule has 3 aromatic rings. The predicted octanol–water partition coefficient (Wildman–Crippen LogP) is 2.43. The molecule has 0 aliphatic carbocycles. The Morgan fingerprint density at radius 3 is 2.81 bits per heavy atom. The fraction of sp³-hybridized carbons (Fsp3) is 0.176. The van der Waals surface area contributed by atoms with E-state index in [0.29, 0.717) is 13.0 Å². The summed E-state index contributed by atoms with van der Waals surface area (Å²) in [4.78, 5) is 16.3. The van der Waals surface area contributed by atoms with E-state index in [-0.39, 0.29) is 5.91 Å². The SMILES string of the molecule is Cn1cc(CC(=O)NCc2ccccn2)c2ccccc21. The number of fused-ring (bicyclic) bond motifs is 1. The van der Waals surface area contributed by atoms with E-state index in [4.69, 9.17) is 0 Å². The van der Waals surface area contributed by atoms with E-state index in [9.17, 15) is 4.79 Å². The number of aryl methyl sites for hydroxylation is 1. The molecule has 1 aromatic carbocycles. The zero-order chi connectivity index (χ0) is 14.7. The molecule has 0 radical (unpaired) electrons. The molecule has 2 heterocycles. The van der Waals surface area contributed by atoms with Crippen molar-refractivity contribution in [2.75, 3.05) is 0 Å². The number of aromatic nitrogens is 2. The third-order valence-corrected chi connectivity index (χ3v) is 3.52. The molecule has 106 valence electrons. The van der Waals surface area contributed by atoms with E-state index in [2.05, 4.69) is 27.0 Å². The lowest BCUT2D eigenvalue weighted by molar-refractivity contribution is -0.120. The fourth-order valence-electron chi connectivity index (χ4n) is 2.49. The number of carbonyl (C=O) groups excluding carboxylic acids is 1. The summed E-state index contributed by atoms with van der Waals surface area (Å²) in [5.74, 6) is 0.0111. The van der Waals surface area contributed by atoms with Crippen molar-refractivity contribution in [3.8, 4) is 0 Å². The molecule has 4 nitrogen and oxygen atoms in total. The van der Waals surface area contributed by atoms with Crippen molar-refractivity contribution < 1.29 is 4.79 Å². The smallest absolute Gasteiger partial charge is 0.224 e. The highest BCUT2D eigenvalue weighted by atomic mass is 16.1. The number of hydrogen-bond acceptors (Lipinski definition) is 2. The molecular formula is C17H17N3O. The number of pyridine rings is 1. The highest BCUT2D eigenvalue weighted by Gasteiger charge is 2.10. The number of rotatable bonds is 4. The summed E-state index contributed by atoms with van der Waals surface area (Å²) in [6.07, 6.45) is 4.13. The molecule has 0 fully saturated rings. The van der Waals surface area contributed by atoms with Crippen LogP contribution in [0, 0.1) is 0 Å². The van der Waals surface area contributed by atoms with Crippen LogP contribution < -0.4 is 5.32 Å². The zero-order valence-electron chi connectivity index (χ0n) is 11.9. The number of nitrogens with zero attached hydrogens (tertiary/aromatic N) is 2. The van der Waals surface area contributed by atoms with E-state index in [0.717, 1.165) is 22.2 Å². The van der Waals surface area contributed by atoms with Crippen LogP contribution in [0.5, 0.6) is 0 Å². The average molecular weight is 279 g/mol. The number of amides is 1. The Morgan fingerprint density at radius 2 is 2.00 bits per heavy atom. The minimum atomic E-state index is 0.0111. The summed E-state index contributed by atoms with van der Waals surface area (Å²) in [6.45, 7) is 0.463. The topological polar surface area (TPSA) is 46.9 Å². The molecule has 2 aromatic heterocycles. The molecule has 0 aliphatic rings. The van der Waals surface area contributed by atoms with Gasteiger partial charge in [-0.15, -0.1) is 0 Å². The Hall–Kier alpha value is -2.62. The second kappa shape index (κ2) is 5.79. The molecule has 3 rings (SSSR count). The van der Waals surface area contributed by atoms with Gasteiger partial charge >= 0.3 is 0 Å². The van der Waals surface area contributed by atoms with E-state index in [1.807, 2.05) is 43.6 Å². The summed E-state index contributed by atoms with van der Waals surface area (Å²) < 4.78 is 2.05. The van der Waals surface area contributed by atoms with Gasteiger partial charge in [-0.25, -0.2) is 0 Å². The van der Waals surface area contributed by atoms with E-state index >= 15 is 0 Å². The monoisotopic (exact) mass is 279 g/mol. The normalized spacial score (nSPS) is 10.7. The van der Waals surface area contributed by atoms with E-state index in [1.54, 1.807) is 6.20 Å². The first-order valence-electron chi connectivity index (χ1n) is 6.93. The van der Waals surface area contributed by atoms with Crippen LogP contribution in [0.25, 0.3) is 10.9 Å². The summed E-state index contributed by atoms with van der Waals surface area (Å²) >= 11 is 0. The average Bonchev–Trinajstić information content (AvgIpc) is 2.83. The molecule has 0 atom stereocenters. The third-order valence-electron chi connectivity index (χ3n) is 3.52. The van der Waals surface area contributed by atoms with Crippen LogP contribution in [-0.4, -0.2) is 15.5 Å². The zero-order valence-corrected chi connectivity index (χ0v) is 11.9. The molecular weight excluding hydrogens is 262 g/mol. The number of hydrogen-bond donors (Lipinski definition) is 1. The van der Waals surface area contributed by atoms with Gasteiger partial charge in [-0.2, -0.15) is 0 Å². The van der Waals surface area contributed by atoms with Crippen molar-refractivity contribution in [2.45, 2.75) is 13.0 Å². The molecule has 0 spiro atoms. The molecule has 0 saturated carbocycles. The van der Waals surface area contributed by atoms with E-state index in [1.165, 1.54) is 0 Å². The first-order chi connectivity index (χ1) is 10.2. The Balaban J connectivity index is 1.69. The fourth-order valence-corrected chi connectivity index (χ4v) is 2.49. The molecule has 1 N–H and O–H groups in total. The second-order valence-corrected chi connectivity index (χ2v) is 5.06. The molecule has 0 unspecified atom stereocenters. The van der Waals surface area contributed by atoms with Crippen molar-refractivity contribution in [3.05, 3.63) is 66.1 Å². The first-order valence-corrected chi connectivity index (χ1v) is 6.93. The van der Waals surface area contributed by atoms with Crippen LogP contribution in [0.2, 0.25) is 0 Å². The van der Waals surface area contributed by atoms with Gasteiger partial charge in [-0.1, -0.05) is 24.3 Å². The van der Waals surface area contributed by atoms with Crippen molar-refractivity contribution in [1.82, 2.24) is 14.9 Å². The Kier molecular flexibility index (Phi) is 3.69. The van der Waals surface area contributed by atoms with Gasteiger partial charge in [0.2, 0.25) is 5.91 Å². The summed E-state index contributed by atoms with van der Waals surface area (Å²) in [7, 11) is 2.00. The van der Waals surface area contributed by atoms with Crippen LogP contribution in [0.3, 0.4) is 0 Å². The quantitative estimate of drug-likeness (QED) is 0.797. The van der Waals surface area contributed by atoms with Crippen LogP contribution in [0.4, 0.5) is 0 Å². The van der Waals surface area contributed by atoms with Crippen LogP contribution in [-0.2, 0) is 24.8 Å². The van der Waals surface area contributed by atoms with Crippen molar-refractivity contribution in [3.63, 3.8) is 0 Å². The maximum absolute atomic E-state index is 12.1. The van der Waals surface area contributed by atoms with Crippen LogP contribution >= 0.6 is 0 Å². The second-order valence-electron chi connectivity index (χ2n) is 5.06. The minimum Gasteiger partial charge on any atom is -0.350 e. The molecule has 0 saturated heterocycles. The van der Waals surface area contributed by atoms with Gasteiger partial charge in [-0.05, 0) is 23.8 Å². The van der Waals surface area contributed by atoms with Gasteiger partial charge in [0.15, 0.2) is 0 Å². The molecule has 0 bridgehead atoms. The van der Waals surface area contributed by atoms with Crippen LogP contribution in [0.15, 0.2) is 54.9 Å². The molecule has 1 amide bonds. The Bertz CT molecular complexity index is 762. The lowest BCUT2D eigenvalue weighted by atomic mass is 10.1. The lowest BCUT2D eigenvalue weighted by Crippen LogP contribution is -2.24. The van der Waals surface area contributed by atoms with Gasteiger partial charge in [0, 0.05) is 30.3 Å². The van der Waals surface area contributed by atoms with Gasteiger partial charge < -0.3 is 9.88 Å². The van der Waals surface area contributed by atoms with Gasteiger partial charge in [0.25, 0.3) is 0 Å². The van der Waals surface area contributed by atoms with E-state index < -0.39 is 0 Å². The molecule has 0 aliphatic heterocycles. The van der Waals surface area contributed by atoms with Crippen molar-refractivity contribution in [1.29, 1.82) is 0 Å². The summed E-state index contributed by atoms with van der Waals surface area (Å²) in [5, 5.41) is 4.04. The maximum atomic E-state index is 12.1. The van der Waals surface area contributed by atoms with Gasteiger partial charge in [-0.3, -0.25) is 9.78 Å². The maximum Gasteiger partial charge on any atom is 0.224 e. The minimum absolute atomic E-state index is 0.0111. The highest BCUT2D eigenvalue weighted by Crippen LogP contribution is 2.20. The number of carbonyl (C=O) groups is 1. The number of para-hydroxylation sites is 1.